The molecule has 3 rings (SSSR count). The molecular formula is C12H13BrN2+2. The van der Waals surface area contributed by atoms with Crippen LogP contribution in [0.2, 0.25) is 0 Å². The maximum Gasteiger partial charge on any atom is 0.277 e. The lowest BCUT2D eigenvalue weighted by atomic mass is 10.2. The third-order valence-electron chi connectivity index (χ3n) is 2.73. The lowest BCUT2D eigenvalue weighted by Crippen LogP contribution is -2.52. The van der Waals surface area contributed by atoms with E-state index in [1.54, 1.807) is 0 Å². The fraction of sp³-hybridized carbons (Fsp3) is 0.167. The van der Waals surface area contributed by atoms with E-state index < -0.39 is 0 Å². The van der Waals surface area contributed by atoms with Gasteiger partial charge in [0.2, 0.25) is 13.1 Å². The molecule has 76 valence electrons. The molecule has 0 amide bonds. The topological polar surface area (TPSA) is 7.76 Å². The van der Waals surface area contributed by atoms with Crippen LogP contribution in [0.5, 0.6) is 0 Å². The minimum atomic E-state index is 0. The van der Waals surface area contributed by atoms with E-state index >= 15 is 0 Å². The Morgan fingerprint density at radius 3 is 1.67 bits per heavy atom. The van der Waals surface area contributed by atoms with Gasteiger partial charge in [0.25, 0.3) is 11.4 Å². The molecule has 0 radical (unpaired) electrons. The van der Waals surface area contributed by atoms with Gasteiger partial charge in [-0.2, -0.15) is 9.13 Å². The number of rotatable bonds is 0. The smallest absolute Gasteiger partial charge is 0.187 e. The van der Waals surface area contributed by atoms with Crippen molar-refractivity contribution in [2.24, 2.45) is 0 Å². The predicted octanol–water partition coefficient (Wildman–Crippen LogP) is 1.52. The van der Waals surface area contributed by atoms with Crippen LogP contribution < -0.4 is 9.13 Å². The number of nitrogens with zero attached hydrogens (tertiary/aromatic N) is 2. The summed E-state index contributed by atoms with van der Waals surface area (Å²) in [7, 11) is 0. The summed E-state index contributed by atoms with van der Waals surface area (Å²) in [5.74, 6) is 0. The molecule has 2 nitrogen and oxygen atoms in total. The van der Waals surface area contributed by atoms with Crippen LogP contribution in [-0.4, -0.2) is 0 Å². The van der Waals surface area contributed by atoms with Gasteiger partial charge < -0.3 is 0 Å². The second kappa shape index (κ2) is 4.11. The van der Waals surface area contributed by atoms with Gasteiger partial charge >= 0.3 is 0 Å². The first-order valence-electron chi connectivity index (χ1n) is 4.92. The molecule has 15 heavy (non-hydrogen) atoms. The van der Waals surface area contributed by atoms with Gasteiger partial charge in [-0.25, -0.2) is 0 Å². The highest BCUT2D eigenvalue weighted by Gasteiger charge is 2.27. The zero-order valence-corrected chi connectivity index (χ0v) is 10.0. The highest BCUT2D eigenvalue weighted by molar-refractivity contribution is 8.93. The molecule has 1 aliphatic rings. The van der Waals surface area contributed by atoms with Crippen molar-refractivity contribution in [2.45, 2.75) is 13.1 Å². The van der Waals surface area contributed by atoms with Gasteiger partial charge in [-0.05, 0) is 12.1 Å². The molecule has 0 aromatic carbocycles. The summed E-state index contributed by atoms with van der Waals surface area (Å²) in [6.45, 7) is 2.13. The summed E-state index contributed by atoms with van der Waals surface area (Å²) in [4.78, 5) is 0. The highest BCUT2D eigenvalue weighted by Crippen LogP contribution is 2.11. The van der Waals surface area contributed by atoms with Crippen LogP contribution in [0.4, 0.5) is 0 Å². The number of aryl methyl sites for hydroxylation is 2. The summed E-state index contributed by atoms with van der Waals surface area (Å²) in [6.07, 6.45) is 4.29. The Balaban J connectivity index is 0.000000853. The zero-order valence-electron chi connectivity index (χ0n) is 8.34. The van der Waals surface area contributed by atoms with Crippen LogP contribution in [0.25, 0.3) is 11.4 Å². The highest BCUT2D eigenvalue weighted by atomic mass is 79.9. The number of aromatic nitrogens is 2. The van der Waals surface area contributed by atoms with Gasteiger partial charge in [-0.3, -0.25) is 0 Å². The SMILES string of the molecule is Br.c1cc[n+]2c(c1)-c1cccc[n+]1CC2. The molecule has 0 saturated carbocycles. The second-order valence-electron chi connectivity index (χ2n) is 3.56. The first kappa shape index (κ1) is 10.3. The second-order valence-corrected chi connectivity index (χ2v) is 3.56. The Kier molecular flexibility index (Phi) is 2.82. The standard InChI is InChI=1S/C12H12N2.BrH/c1-3-7-13-9-10-14-8-4-2-6-12(14)11(13)5-1;/h1-8H,9-10H2;1H/q+2;. The number of pyridine rings is 2. The Morgan fingerprint density at radius 2 is 1.20 bits per heavy atom. The molecular weight excluding hydrogens is 252 g/mol. The summed E-state index contributed by atoms with van der Waals surface area (Å²) in [5, 5.41) is 0. The van der Waals surface area contributed by atoms with Crippen LogP contribution in [-0.2, 0) is 13.1 Å². The first-order valence-corrected chi connectivity index (χ1v) is 4.92. The predicted molar refractivity (Wildman–Crippen MR) is 62.6 cm³/mol. The maximum absolute atomic E-state index is 2.30. The van der Waals surface area contributed by atoms with Gasteiger partial charge in [0, 0.05) is 24.3 Å². The summed E-state index contributed by atoms with van der Waals surface area (Å²) in [6, 6.07) is 12.7. The van der Waals surface area contributed by atoms with Crippen molar-refractivity contribution in [3.05, 3.63) is 48.8 Å². The van der Waals surface area contributed by atoms with Crippen molar-refractivity contribution in [1.82, 2.24) is 0 Å². The largest absolute Gasteiger partial charge is 0.277 e. The van der Waals surface area contributed by atoms with Gasteiger partial charge in [-0.1, -0.05) is 0 Å². The molecule has 2 aromatic rings. The third-order valence-corrected chi connectivity index (χ3v) is 2.73. The Bertz CT molecular complexity index is 437. The molecule has 3 heteroatoms. The van der Waals surface area contributed by atoms with Crippen molar-refractivity contribution in [3.63, 3.8) is 0 Å². The van der Waals surface area contributed by atoms with Gasteiger partial charge in [0.1, 0.15) is 0 Å². The van der Waals surface area contributed by atoms with Crippen molar-refractivity contribution in [3.8, 4) is 11.4 Å². The number of hydrogen-bond donors (Lipinski definition) is 0. The fourth-order valence-electron chi connectivity index (χ4n) is 2.02. The van der Waals surface area contributed by atoms with Gasteiger partial charge in [0.15, 0.2) is 12.4 Å². The molecule has 2 aromatic heterocycles. The van der Waals surface area contributed by atoms with Gasteiger partial charge in [-0.15, -0.1) is 17.0 Å². The zero-order chi connectivity index (χ0) is 9.38. The van der Waals surface area contributed by atoms with E-state index in [1.165, 1.54) is 11.4 Å². The quantitative estimate of drug-likeness (QED) is 0.638. The van der Waals surface area contributed by atoms with E-state index in [1.807, 2.05) is 0 Å². The van der Waals surface area contributed by atoms with Crippen LogP contribution in [0.1, 0.15) is 0 Å². The monoisotopic (exact) mass is 264 g/mol. The Hall–Kier alpha value is -1.22. The van der Waals surface area contributed by atoms with Crippen molar-refractivity contribution >= 4 is 17.0 Å². The van der Waals surface area contributed by atoms with Crippen molar-refractivity contribution < 1.29 is 9.13 Å². The summed E-state index contributed by atoms with van der Waals surface area (Å²) >= 11 is 0. The molecule has 0 N–H and O–H groups in total. The average molecular weight is 265 g/mol. The molecule has 0 saturated heterocycles. The van der Waals surface area contributed by atoms with E-state index in [4.69, 9.17) is 0 Å². The van der Waals surface area contributed by atoms with Crippen LogP contribution in [0.3, 0.4) is 0 Å². The molecule has 0 aliphatic carbocycles. The van der Waals surface area contributed by atoms with Gasteiger partial charge in [0.05, 0.1) is 0 Å². The number of halogens is 1. The van der Waals surface area contributed by atoms with E-state index in [9.17, 15) is 0 Å². The lowest BCUT2D eigenvalue weighted by molar-refractivity contribution is -0.794. The minimum absolute atomic E-state index is 0. The van der Waals surface area contributed by atoms with E-state index in [2.05, 4.69) is 57.9 Å². The lowest BCUT2D eigenvalue weighted by Gasteiger charge is -2.08. The third kappa shape index (κ3) is 1.67. The Labute approximate surface area is 99.6 Å². The van der Waals surface area contributed by atoms with Crippen LogP contribution in [0, 0.1) is 0 Å². The summed E-state index contributed by atoms with van der Waals surface area (Å²) < 4.78 is 4.60. The van der Waals surface area contributed by atoms with Crippen molar-refractivity contribution in [1.29, 1.82) is 0 Å². The van der Waals surface area contributed by atoms with E-state index in [0.717, 1.165) is 13.1 Å². The fourth-order valence-corrected chi connectivity index (χ4v) is 2.02. The normalized spacial score (nSPS) is 12.3. The molecule has 0 spiro atoms. The molecule has 0 atom stereocenters. The molecule has 1 aliphatic heterocycles. The molecule has 0 unspecified atom stereocenters. The van der Waals surface area contributed by atoms with E-state index in [0.29, 0.717) is 0 Å². The van der Waals surface area contributed by atoms with E-state index in [-0.39, 0.29) is 17.0 Å². The maximum atomic E-state index is 2.30. The first-order chi connectivity index (χ1) is 6.95. The summed E-state index contributed by atoms with van der Waals surface area (Å²) in [5.41, 5.74) is 2.61. The minimum Gasteiger partial charge on any atom is -0.187 e. The molecule has 3 heterocycles. The van der Waals surface area contributed by atoms with Crippen LogP contribution >= 0.6 is 17.0 Å². The average Bonchev–Trinajstić information content (AvgIpc) is 2.29. The number of fused-ring (bicyclic) bond motifs is 3. The molecule has 0 fully saturated rings. The van der Waals surface area contributed by atoms with Crippen LogP contribution in [0.15, 0.2) is 48.8 Å². The van der Waals surface area contributed by atoms with Crippen molar-refractivity contribution in [2.75, 3.05) is 0 Å². The molecule has 0 bridgehead atoms. The Morgan fingerprint density at radius 1 is 0.733 bits per heavy atom. The number of hydrogen-bond acceptors (Lipinski definition) is 0.